The molecule has 186 valence electrons. The maximum Gasteiger partial charge on any atom is 0.244 e. The molecule has 2 atom stereocenters. The summed E-state index contributed by atoms with van der Waals surface area (Å²) in [7, 11) is -3.74. The standard InChI is InChI=1S/C26H37N3O4S/c1-7-21(5)27-26(31)24(8-2)28(17-22-12-10-9-11-13-22)25(30)18-29(34(6,32)33)23-15-14-19(3)20(4)16-23/h9-16,21,24H,7-8,17-18H2,1-6H3,(H,27,31)/t21-,24-/m1/s1. The van der Waals surface area contributed by atoms with Crippen molar-refractivity contribution in [2.24, 2.45) is 0 Å². The summed E-state index contributed by atoms with van der Waals surface area (Å²) in [6.07, 6.45) is 2.26. The van der Waals surface area contributed by atoms with E-state index in [1.165, 1.54) is 4.90 Å². The average molecular weight is 488 g/mol. The highest BCUT2D eigenvalue weighted by Crippen LogP contribution is 2.22. The summed E-state index contributed by atoms with van der Waals surface area (Å²) in [5.41, 5.74) is 3.25. The van der Waals surface area contributed by atoms with E-state index in [1.54, 1.807) is 12.1 Å². The van der Waals surface area contributed by atoms with Gasteiger partial charge in [0.1, 0.15) is 12.6 Å². The number of anilines is 1. The second kappa shape index (κ2) is 12.0. The van der Waals surface area contributed by atoms with Gasteiger partial charge in [0, 0.05) is 12.6 Å². The molecule has 0 radical (unpaired) electrons. The Balaban J connectivity index is 2.43. The minimum Gasteiger partial charge on any atom is -0.352 e. The van der Waals surface area contributed by atoms with E-state index in [9.17, 15) is 18.0 Å². The fourth-order valence-corrected chi connectivity index (χ4v) is 4.48. The lowest BCUT2D eigenvalue weighted by Gasteiger charge is -2.33. The lowest BCUT2D eigenvalue weighted by atomic mass is 10.1. The fraction of sp³-hybridized carbons (Fsp3) is 0.462. The number of nitrogens with one attached hydrogen (secondary N) is 1. The molecular formula is C26H37N3O4S. The van der Waals surface area contributed by atoms with Crippen molar-refractivity contribution in [1.29, 1.82) is 0 Å². The molecular weight excluding hydrogens is 450 g/mol. The number of benzene rings is 2. The van der Waals surface area contributed by atoms with Gasteiger partial charge < -0.3 is 10.2 Å². The number of aryl methyl sites for hydroxylation is 2. The zero-order valence-corrected chi connectivity index (χ0v) is 21.9. The molecule has 8 heteroatoms. The number of amides is 2. The van der Waals surface area contributed by atoms with Crippen LogP contribution in [-0.2, 0) is 26.2 Å². The molecule has 2 aromatic rings. The van der Waals surface area contributed by atoms with Crippen LogP contribution in [0.5, 0.6) is 0 Å². The van der Waals surface area contributed by atoms with Crippen LogP contribution in [0.3, 0.4) is 0 Å². The van der Waals surface area contributed by atoms with Gasteiger partial charge in [0.2, 0.25) is 21.8 Å². The van der Waals surface area contributed by atoms with Gasteiger partial charge in [-0.05, 0) is 62.4 Å². The van der Waals surface area contributed by atoms with Crippen LogP contribution < -0.4 is 9.62 Å². The highest BCUT2D eigenvalue weighted by Gasteiger charge is 2.32. The van der Waals surface area contributed by atoms with Gasteiger partial charge in [0.05, 0.1) is 11.9 Å². The quantitative estimate of drug-likeness (QED) is 0.522. The maximum atomic E-state index is 13.6. The number of hydrogen-bond acceptors (Lipinski definition) is 4. The Kier molecular flexibility index (Phi) is 9.67. The molecule has 0 aromatic heterocycles. The molecule has 0 spiro atoms. The highest BCUT2D eigenvalue weighted by molar-refractivity contribution is 7.92. The molecule has 0 unspecified atom stereocenters. The van der Waals surface area contributed by atoms with E-state index in [0.717, 1.165) is 33.7 Å². The second-order valence-corrected chi connectivity index (χ2v) is 10.7. The summed E-state index contributed by atoms with van der Waals surface area (Å²) in [5.74, 6) is -0.670. The number of carbonyl (C=O) groups excluding carboxylic acids is 2. The molecule has 0 aliphatic carbocycles. The number of sulfonamides is 1. The van der Waals surface area contributed by atoms with Crippen molar-refractivity contribution >= 4 is 27.5 Å². The smallest absolute Gasteiger partial charge is 0.244 e. The van der Waals surface area contributed by atoms with Crippen molar-refractivity contribution in [2.75, 3.05) is 17.1 Å². The van der Waals surface area contributed by atoms with Crippen LogP contribution in [-0.4, -0.2) is 50.0 Å². The van der Waals surface area contributed by atoms with Gasteiger partial charge in [0.25, 0.3) is 0 Å². The van der Waals surface area contributed by atoms with Crippen LogP contribution in [0.4, 0.5) is 5.69 Å². The third-order valence-corrected chi connectivity index (χ3v) is 7.18. The Bertz CT molecular complexity index is 1090. The van der Waals surface area contributed by atoms with Crippen molar-refractivity contribution < 1.29 is 18.0 Å². The van der Waals surface area contributed by atoms with Gasteiger partial charge in [0.15, 0.2) is 0 Å². The maximum absolute atomic E-state index is 13.6. The molecule has 0 bridgehead atoms. The summed E-state index contributed by atoms with van der Waals surface area (Å²) in [4.78, 5) is 28.2. The summed E-state index contributed by atoms with van der Waals surface area (Å²) >= 11 is 0. The van der Waals surface area contributed by atoms with Gasteiger partial charge >= 0.3 is 0 Å². The van der Waals surface area contributed by atoms with E-state index >= 15 is 0 Å². The first-order chi connectivity index (χ1) is 16.0. The fourth-order valence-electron chi connectivity index (χ4n) is 3.64. The number of carbonyl (C=O) groups is 2. The SMILES string of the molecule is CC[C@@H](C)NC(=O)[C@@H](CC)N(Cc1ccccc1)C(=O)CN(c1ccc(C)c(C)c1)S(C)(=O)=O. The van der Waals surface area contributed by atoms with E-state index in [1.807, 2.05) is 71.0 Å². The van der Waals surface area contributed by atoms with Crippen molar-refractivity contribution in [1.82, 2.24) is 10.2 Å². The molecule has 7 nitrogen and oxygen atoms in total. The van der Waals surface area contributed by atoms with Gasteiger partial charge in [-0.2, -0.15) is 0 Å². The van der Waals surface area contributed by atoms with Crippen molar-refractivity contribution in [3.63, 3.8) is 0 Å². The monoisotopic (exact) mass is 487 g/mol. The Morgan fingerprint density at radius 2 is 1.62 bits per heavy atom. The van der Waals surface area contributed by atoms with E-state index in [0.29, 0.717) is 12.1 Å². The van der Waals surface area contributed by atoms with Gasteiger partial charge in [-0.25, -0.2) is 8.42 Å². The first-order valence-corrected chi connectivity index (χ1v) is 13.5. The molecule has 0 saturated carbocycles. The molecule has 0 aliphatic rings. The van der Waals surface area contributed by atoms with Crippen LogP contribution in [0.2, 0.25) is 0 Å². The third kappa shape index (κ3) is 7.32. The van der Waals surface area contributed by atoms with Crippen molar-refractivity contribution in [2.45, 2.75) is 66.1 Å². The van der Waals surface area contributed by atoms with E-state index in [4.69, 9.17) is 0 Å². The van der Waals surface area contributed by atoms with Gasteiger partial charge in [-0.15, -0.1) is 0 Å². The summed E-state index contributed by atoms with van der Waals surface area (Å²) in [5, 5.41) is 2.97. The molecule has 34 heavy (non-hydrogen) atoms. The molecule has 0 heterocycles. The highest BCUT2D eigenvalue weighted by atomic mass is 32.2. The Hall–Kier alpha value is -2.87. The lowest BCUT2D eigenvalue weighted by molar-refractivity contribution is -0.140. The average Bonchev–Trinajstić information content (AvgIpc) is 2.78. The molecule has 2 amide bonds. The van der Waals surface area contributed by atoms with E-state index in [-0.39, 0.29) is 25.0 Å². The van der Waals surface area contributed by atoms with Crippen LogP contribution >= 0.6 is 0 Å². The van der Waals surface area contributed by atoms with Crippen LogP contribution in [0.25, 0.3) is 0 Å². The first-order valence-electron chi connectivity index (χ1n) is 11.7. The van der Waals surface area contributed by atoms with Crippen LogP contribution in [0.15, 0.2) is 48.5 Å². The lowest BCUT2D eigenvalue weighted by Crippen LogP contribution is -2.53. The molecule has 0 saturated heterocycles. The molecule has 0 aliphatic heterocycles. The number of rotatable bonds is 11. The first kappa shape index (κ1) is 27.4. The van der Waals surface area contributed by atoms with E-state index in [2.05, 4.69) is 5.32 Å². The number of nitrogens with zero attached hydrogens (tertiary/aromatic N) is 2. The van der Waals surface area contributed by atoms with E-state index < -0.39 is 22.0 Å². The van der Waals surface area contributed by atoms with Crippen LogP contribution in [0.1, 0.15) is 50.3 Å². The summed E-state index contributed by atoms with van der Waals surface area (Å²) in [6, 6.07) is 13.9. The third-order valence-electron chi connectivity index (χ3n) is 6.04. The Morgan fingerprint density at radius 3 is 2.15 bits per heavy atom. The van der Waals surface area contributed by atoms with Crippen molar-refractivity contribution in [3.05, 3.63) is 65.2 Å². The molecule has 2 aromatic carbocycles. The molecule has 1 N–H and O–H groups in total. The zero-order chi connectivity index (χ0) is 25.5. The minimum absolute atomic E-state index is 0.0294. The summed E-state index contributed by atoms with van der Waals surface area (Å²) < 4.78 is 26.5. The Morgan fingerprint density at radius 1 is 0.971 bits per heavy atom. The zero-order valence-electron chi connectivity index (χ0n) is 21.0. The molecule has 2 rings (SSSR count). The van der Waals surface area contributed by atoms with Gasteiger partial charge in [-0.1, -0.05) is 50.2 Å². The molecule has 0 fully saturated rings. The van der Waals surface area contributed by atoms with Crippen molar-refractivity contribution in [3.8, 4) is 0 Å². The minimum atomic E-state index is -3.74. The number of hydrogen-bond donors (Lipinski definition) is 1. The second-order valence-electron chi connectivity index (χ2n) is 8.79. The van der Waals surface area contributed by atoms with Crippen LogP contribution in [0, 0.1) is 13.8 Å². The normalized spacial score (nSPS) is 13.1. The largest absolute Gasteiger partial charge is 0.352 e. The topological polar surface area (TPSA) is 86.8 Å². The predicted octanol–water partition coefficient (Wildman–Crippen LogP) is 3.79. The summed E-state index contributed by atoms with van der Waals surface area (Å²) in [6.45, 7) is 9.40. The van der Waals surface area contributed by atoms with Gasteiger partial charge in [-0.3, -0.25) is 13.9 Å². The Labute approximate surface area is 204 Å². The predicted molar refractivity (Wildman–Crippen MR) is 137 cm³/mol.